The number of anilines is 1. The van der Waals surface area contributed by atoms with Crippen LogP contribution in [0.3, 0.4) is 0 Å². The van der Waals surface area contributed by atoms with Gasteiger partial charge in [0.15, 0.2) is 0 Å². The molecule has 0 saturated heterocycles. The van der Waals surface area contributed by atoms with E-state index in [0.717, 1.165) is 6.42 Å². The Balaban J connectivity index is 2.19. The minimum atomic E-state index is 0.262. The molecule has 0 fully saturated rings. The van der Waals surface area contributed by atoms with Crippen LogP contribution in [0, 0.1) is 11.3 Å². The van der Waals surface area contributed by atoms with E-state index in [2.05, 4.69) is 29.4 Å². The van der Waals surface area contributed by atoms with Gasteiger partial charge in [0.25, 0.3) is 0 Å². The van der Waals surface area contributed by atoms with Crippen molar-refractivity contribution in [3.8, 4) is 6.07 Å². The fraction of sp³-hybridized carbons (Fsp3) is 0.286. The number of thiophene rings is 1. The molecular formula is C14H14ClN3S. The van der Waals surface area contributed by atoms with Crippen LogP contribution in [0.25, 0.3) is 0 Å². The Morgan fingerprint density at radius 3 is 2.95 bits per heavy atom. The van der Waals surface area contributed by atoms with E-state index in [1.54, 1.807) is 23.6 Å². The molecule has 0 radical (unpaired) electrons. The maximum Gasteiger partial charge on any atom is 0.148 e. The predicted molar refractivity (Wildman–Crippen MR) is 79.9 cm³/mol. The standard InChI is InChI=1S/C14H14ClN3S/c1-10(8-12-4-3-7-19-12)18(2)14-13(15)11(9-16)5-6-17-14/h3-7,10H,8H2,1-2H3. The van der Waals surface area contributed by atoms with Crippen LogP contribution in [0.15, 0.2) is 29.8 Å². The summed E-state index contributed by atoms with van der Waals surface area (Å²) >= 11 is 7.95. The lowest BCUT2D eigenvalue weighted by atomic mass is 10.1. The van der Waals surface area contributed by atoms with Gasteiger partial charge < -0.3 is 4.90 Å². The largest absolute Gasteiger partial charge is 0.355 e. The van der Waals surface area contributed by atoms with E-state index in [4.69, 9.17) is 16.9 Å². The quantitative estimate of drug-likeness (QED) is 0.861. The van der Waals surface area contributed by atoms with E-state index in [9.17, 15) is 0 Å². The Labute approximate surface area is 122 Å². The van der Waals surface area contributed by atoms with Crippen LogP contribution < -0.4 is 4.90 Å². The highest BCUT2D eigenvalue weighted by Crippen LogP contribution is 2.27. The zero-order valence-corrected chi connectivity index (χ0v) is 12.4. The van der Waals surface area contributed by atoms with Gasteiger partial charge in [-0.15, -0.1) is 11.3 Å². The average molecular weight is 292 g/mol. The van der Waals surface area contributed by atoms with Crippen LogP contribution in [-0.4, -0.2) is 18.1 Å². The highest BCUT2D eigenvalue weighted by molar-refractivity contribution is 7.09. The Bertz CT molecular complexity index is 589. The number of pyridine rings is 1. The zero-order chi connectivity index (χ0) is 13.8. The number of nitriles is 1. The summed E-state index contributed by atoms with van der Waals surface area (Å²) in [6, 6.07) is 8.14. The van der Waals surface area contributed by atoms with Crippen LogP contribution in [-0.2, 0) is 6.42 Å². The highest BCUT2D eigenvalue weighted by atomic mass is 35.5. The van der Waals surface area contributed by atoms with Gasteiger partial charge >= 0.3 is 0 Å². The van der Waals surface area contributed by atoms with Crippen molar-refractivity contribution >= 4 is 28.8 Å². The number of rotatable bonds is 4. The third-order valence-corrected chi connectivity index (χ3v) is 4.33. The van der Waals surface area contributed by atoms with Gasteiger partial charge in [-0.05, 0) is 24.4 Å². The average Bonchev–Trinajstić information content (AvgIpc) is 2.91. The SMILES string of the molecule is CC(Cc1cccs1)N(C)c1nccc(C#N)c1Cl. The van der Waals surface area contributed by atoms with Crippen molar-refractivity contribution in [2.75, 3.05) is 11.9 Å². The summed E-state index contributed by atoms with van der Waals surface area (Å²) < 4.78 is 0. The first-order chi connectivity index (χ1) is 9.13. The summed E-state index contributed by atoms with van der Waals surface area (Å²) in [5.74, 6) is 0.657. The fourth-order valence-corrected chi connectivity index (χ4v) is 2.94. The molecular weight excluding hydrogens is 278 g/mol. The molecule has 19 heavy (non-hydrogen) atoms. The minimum absolute atomic E-state index is 0.262. The molecule has 0 aromatic carbocycles. The molecule has 1 atom stereocenters. The van der Waals surface area contributed by atoms with Crippen LogP contribution in [0.4, 0.5) is 5.82 Å². The topological polar surface area (TPSA) is 39.9 Å². The Morgan fingerprint density at radius 1 is 1.53 bits per heavy atom. The second-order valence-corrected chi connectivity index (χ2v) is 5.76. The van der Waals surface area contributed by atoms with Gasteiger partial charge in [-0.25, -0.2) is 4.98 Å². The lowest BCUT2D eigenvalue weighted by molar-refractivity contribution is 0.680. The molecule has 0 aliphatic carbocycles. The highest BCUT2D eigenvalue weighted by Gasteiger charge is 2.17. The molecule has 0 N–H and O–H groups in total. The number of hydrogen-bond acceptors (Lipinski definition) is 4. The van der Waals surface area contributed by atoms with E-state index in [0.29, 0.717) is 16.4 Å². The maximum absolute atomic E-state index is 8.99. The van der Waals surface area contributed by atoms with Crippen molar-refractivity contribution < 1.29 is 0 Å². The minimum Gasteiger partial charge on any atom is -0.355 e. The van der Waals surface area contributed by atoms with Crippen LogP contribution in [0.2, 0.25) is 5.02 Å². The van der Waals surface area contributed by atoms with Crippen molar-refractivity contribution in [1.29, 1.82) is 5.26 Å². The molecule has 0 aliphatic rings. The molecule has 2 rings (SSSR count). The van der Waals surface area contributed by atoms with Gasteiger partial charge in [0.05, 0.1) is 5.56 Å². The Morgan fingerprint density at radius 2 is 2.32 bits per heavy atom. The molecule has 0 amide bonds. The second-order valence-electron chi connectivity index (χ2n) is 4.35. The number of hydrogen-bond donors (Lipinski definition) is 0. The molecule has 0 bridgehead atoms. The first-order valence-electron chi connectivity index (χ1n) is 5.93. The van der Waals surface area contributed by atoms with Crippen LogP contribution in [0.5, 0.6) is 0 Å². The molecule has 0 spiro atoms. The van der Waals surface area contributed by atoms with Gasteiger partial charge in [0, 0.05) is 30.6 Å². The maximum atomic E-state index is 8.99. The van der Waals surface area contributed by atoms with E-state index < -0.39 is 0 Å². The number of aromatic nitrogens is 1. The smallest absolute Gasteiger partial charge is 0.148 e. The summed E-state index contributed by atoms with van der Waals surface area (Å²) in [4.78, 5) is 7.63. The predicted octanol–water partition coefficient (Wildman–Crippen LogP) is 3.74. The van der Waals surface area contributed by atoms with Crippen molar-refractivity contribution in [2.45, 2.75) is 19.4 Å². The van der Waals surface area contributed by atoms with Crippen LogP contribution in [0.1, 0.15) is 17.4 Å². The summed E-state index contributed by atoms with van der Waals surface area (Å²) in [5.41, 5.74) is 0.460. The molecule has 1 unspecified atom stereocenters. The lowest BCUT2D eigenvalue weighted by Crippen LogP contribution is -2.31. The summed E-state index contributed by atoms with van der Waals surface area (Å²) in [6.45, 7) is 2.12. The third kappa shape index (κ3) is 3.06. The Hall–Kier alpha value is -1.57. The second kappa shape index (κ2) is 6.05. The van der Waals surface area contributed by atoms with Gasteiger partial charge in [0.1, 0.15) is 16.9 Å². The first-order valence-corrected chi connectivity index (χ1v) is 7.19. The van der Waals surface area contributed by atoms with Crippen molar-refractivity contribution in [3.63, 3.8) is 0 Å². The first kappa shape index (κ1) is 13.9. The van der Waals surface area contributed by atoms with E-state index >= 15 is 0 Å². The van der Waals surface area contributed by atoms with E-state index in [1.807, 2.05) is 18.0 Å². The number of halogens is 1. The molecule has 2 aromatic heterocycles. The monoisotopic (exact) mass is 291 g/mol. The van der Waals surface area contributed by atoms with E-state index in [1.165, 1.54) is 4.88 Å². The van der Waals surface area contributed by atoms with Crippen molar-refractivity contribution in [2.24, 2.45) is 0 Å². The molecule has 0 saturated carbocycles. The number of nitrogens with zero attached hydrogens (tertiary/aromatic N) is 3. The molecule has 5 heteroatoms. The molecule has 3 nitrogen and oxygen atoms in total. The molecule has 0 aliphatic heterocycles. The summed E-state index contributed by atoms with van der Waals surface area (Å²) in [6.07, 6.45) is 2.55. The van der Waals surface area contributed by atoms with Crippen molar-refractivity contribution in [3.05, 3.63) is 45.2 Å². The van der Waals surface area contributed by atoms with Crippen LogP contribution >= 0.6 is 22.9 Å². The summed E-state index contributed by atoms with van der Waals surface area (Å²) in [5, 5.41) is 11.5. The number of likely N-dealkylation sites (N-methyl/N-ethyl adjacent to an activating group) is 1. The van der Waals surface area contributed by atoms with Crippen molar-refractivity contribution in [1.82, 2.24) is 4.98 Å². The fourth-order valence-electron chi connectivity index (χ4n) is 1.83. The van der Waals surface area contributed by atoms with Gasteiger partial charge in [0.2, 0.25) is 0 Å². The van der Waals surface area contributed by atoms with Gasteiger partial charge in [-0.2, -0.15) is 5.26 Å². The Kier molecular flexibility index (Phi) is 4.41. The molecule has 2 aromatic rings. The molecule has 98 valence electrons. The van der Waals surface area contributed by atoms with Gasteiger partial charge in [-0.3, -0.25) is 0 Å². The lowest BCUT2D eigenvalue weighted by Gasteiger charge is -2.26. The zero-order valence-electron chi connectivity index (χ0n) is 10.8. The van der Waals surface area contributed by atoms with Gasteiger partial charge in [-0.1, -0.05) is 17.7 Å². The normalized spacial score (nSPS) is 11.9. The van der Waals surface area contributed by atoms with E-state index in [-0.39, 0.29) is 6.04 Å². The summed E-state index contributed by atoms with van der Waals surface area (Å²) in [7, 11) is 1.95. The third-order valence-electron chi connectivity index (χ3n) is 3.06. The molecule has 2 heterocycles.